The van der Waals surface area contributed by atoms with E-state index in [1.165, 1.54) is 0 Å². The average Bonchev–Trinajstić information content (AvgIpc) is 2.69. The lowest BCUT2D eigenvalue weighted by molar-refractivity contribution is 1.23. The molecule has 0 radical (unpaired) electrons. The van der Waals surface area contributed by atoms with Gasteiger partial charge < -0.3 is 5.73 Å². The highest BCUT2D eigenvalue weighted by molar-refractivity contribution is 6.12. The zero-order valence-corrected chi connectivity index (χ0v) is 13.5. The van der Waals surface area contributed by atoms with Crippen LogP contribution in [0.25, 0.3) is 0 Å². The van der Waals surface area contributed by atoms with Crippen LogP contribution >= 0.6 is 0 Å². The number of hydrogen-bond donors (Lipinski definition) is 2. The van der Waals surface area contributed by atoms with Gasteiger partial charge in [-0.25, -0.2) is 0 Å². The summed E-state index contributed by atoms with van der Waals surface area (Å²) in [5, 5.41) is 38.6. The summed E-state index contributed by atoms with van der Waals surface area (Å²) in [7, 11) is 0. The molecular formula is C18H12N8. The smallest absolute Gasteiger partial charge is 0.185 e. The summed E-state index contributed by atoms with van der Waals surface area (Å²) < 4.78 is 0. The first kappa shape index (κ1) is 17.9. The first-order valence-electron chi connectivity index (χ1n) is 7.29. The van der Waals surface area contributed by atoms with Gasteiger partial charge in [-0.05, 0) is 36.4 Å². The lowest BCUT2D eigenvalue weighted by Crippen LogP contribution is -2.13. The Morgan fingerprint density at radius 3 is 1.92 bits per heavy atom. The molecule has 0 amide bonds. The van der Waals surface area contributed by atoms with Crippen molar-refractivity contribution in [1.29, 1.82) is 15.8 Å². The minimum atomic E-state index is -0.372. The van der Waals surface area contributed by atoms with Gasteiger partial charge in [0, 0.05) is 0 Å². The van der Waals surface area contributed by atoms with Crippen LogP contribution in [0.4, 0.5) is 17.1 Å². The van der Waals surface area contributed by atoms with Crippen LogP contribution in [-0.2, 0) is 0 Å². The van der Waals surface area contributed by atoms with Crippen LogP contribution < -0.4 is 11.2 Å². The highest BCUT2D eigenvalue weighted by Crippen LogP contribution is 2.20. The Morgan fingerprint density at radius 2 is 1.38 bits per heavy atom. The van der Waals surface area contributed by atoms with Gasteiger partial charge in [0.25, 0.3) is 0 Å². The van der Waals surface area contributed by atoms with Crippen LogP contribution in [-0.4, -0.2) is 5.71 Å². The molecule has 0 atom stereocenters. The number of azo groups is 1. The van der Waals surface area contributed by atoms with E-state index in [1.807, 2.05) is 30.3 Å². The summed E-state index contributed by atoms with van der Waals surface area (Å²) in [6.07, 6.45) is 0. The molecule has 26 heavy (non-hydrogen) atoms. The van der Waals surface area contributed by atoms with Crippen molar-refractivity contribution in [3.05, 3.63) is 65.9 Å². The summed E-state index contributed by atoms with van der Waals surface area (Å²) in [5.41, 5.74) is 9.28. The van der Waals surface area contributed by atoms with Crippen molar-refractivity contribution in [1.82, 2.24) is 0 Å². The molecule has 8 nitrogen and oxygen atoms in total. The molecule has 0 spiro atoms. The molecule has 2 aromatic carbocycles. The predicted molar refractivity (Wildman–Crippen MR) is 96.2 cm³/mol. The Balaban J connectivity index is 2.11. The number of nitriles is 3. The molecule has 0 aromatic heterocycles. The number of allylic oxidation sites excluding steroid dienone is 2. The Hall–Kier alpha value is -4.48. The fourth-order valence-electron chi connectivity index (χ4n) is 1.74. The normalized spacial score (nSPS) is 10.4. The Kier molecular flexibility index (Phi) is 6.17. The number of nitrogens with zero attached hydrogens (tertiary/aromatic N) is 6. The van der Waals surface area contributed by atoms with Crippen LogP contribution in [0.5, 0.6) is 0 Å². The van der Waals surface area contributed by atoms with Crippen molar-refractivity contribution in [2.75, 3.05) is 5.43 Å². The summed E-state index contributed by atoms with van der Waals surface area (Å²) in [5.74, 6) is 0. The van der Waals surface area contributed by atoms with E-state index in [-0.39, 0.29) is 17.0 Å². The van der Waals surface area contributed by atoms with Crippen molar-refractivity contribution in [3.8, 4) is 18.2 Å². The molecule has 3 N–H and O–H groups in total. The van der Waals surface area contributed by atoms with Crippen molar-refractivity contribution < 1.29 is 0 Å². The van der Waals surface area contributed by atoms with Gasteiger partial charge in [-0.1, -0.05) is 18.2 Å². The molecule has 0 bridgehead atoms. The monoisotopic (exact) mass is 340 g/mol. The van der Waals surface area contributed by atoms with Gasteiger partial charge in [0.1, 0.15) is 18.2 Å². The standard InChI is InChI=1S/C18H12N8/c19-10-13(11-20)18(22)17(12-21)26-25-16-8-6-15(7-9-16)24-23-14-4-2-1-3-5-14/h1-9,25H,22H2. The van der Waals surface area contributed by atoms with E-state index in [0.717, 1.165) is 5.69 Å². The number of anilines is 1. The van der Waals surface area contributed by atoms with E-state index in [0.29, 0.717) is 11.4 Å². The topological polar surface area (TPSA) is 146 Å². The Morgan fingerprint density at radius 1 is 0.808 bits per heavy atom. The van der Waals surface area contributed by atoms with E-state index >= 15 is 0 Å². The van der Waals surface area contributed by atoms with E-state index < -0.39 is 0 Å². The molecular weight excluding hydrogens is 328 g/mol. The third-order valence-corrected chi connectivity index (χ3v) is 3.06. The molecule has 0 aliphatic carbocycles. The molecule has 0 fully saturated rings. The lowest BCUT2D eigenvalue weighted by atomic mass is 10.2. The van der Waals surface area contributed by atoms with Gasteiger partial charge in [0.2, 0.25) is 0 Å². The first-order valence-corrected chi connectivity index (χ1v) is 7.29. The van der Waals surface area contributed by atoms with E-state index in [1.54, 1.807) is 42.5 Å². The first-order chi connectivity index (χ1) is 12.7. The molecule has 0 aliphatic rings. The highest BCUT2D eigenvalue weighted by Gasteiger charge is 2.09. The maximum Gasteiger partial charge on any atom is 0.185 e. The van der Waals surface area contributed by atoms with Crippen LogP contribution in [0.1, 0.15) is 0 Å². The van der Waals surface area contributed by atoms with Crippen LogP contribution in [0.2, 0.25) is 0 Å². The van der Waals surface area contributed by atoms with Gasteiger partial charge in [-0.3, -0.25) is 5.43 Å². The molecule has 0 unspecified atom stereocenters. The second-order valence-corrected chi connectivity index (χ2v) is 4.78. The summed E-state index contributed by atoms with van der Waals surface area (Å²) in [6.45, 7) is 0. The van der Waals surface area contributed by atoms with Gasteiger partial charge in [-0.15, -0.1) is 0 Å². The third kappa shape index (κ3) is 4.76. The number of rotatable bonds is 5. The predicted octanol–water partition coefficient (Wildman–Crippen LogP) is 3.65. The lowest BCUT2D eigenvalue weighted by Gasteiger charge is -2.02. The van der Waals surface area contributed by atoms with Crippen LogP contribution in [0.3, 0.4) is 0 Å². The molecule has 8 heteroatoms. The molecule has 0 aliphatic heterocycles. The van der Waals surface area contributed by atoms with Crippen LogP contribution in [0, 0.1) is 34.0 Å². The third-order valence-electron chi connectivity index (χ3n) is 3.06. The van der Waals surface area contributed by atoms with Gasteiger partial charge in [0.15, 0.2) is 11.3 Å². The maximum absolute atomic E-state index is 9.06. The Bertz CT molecular complexity index is 965. The molecule has 2 rings (SSSR count). The summed E-state index contributed by atoms with van der Waals surface area (Å²) >= 11 is 0. The Labute approximate surface area is 149 Å². The van der Waals surface area contributed by atoms with Crippen molar-refractivity contribution in [2.24, 2.45) is 21.1 Å². The highest BCUT2D eigenvalue weighted by atomic mass is 15.3. The molecule has 0 saturated carbocycles. The fraction of sp³-hybridized carbons (Fsp3) is 0. The SMILES string of the molecule is N#CC(=NNc1ccc(N=Nc2ccccc2)cc1)C(N)=C(C#N)C#N. The second-order valence-electron chi connectivity index (χ2n) is 4.78. The van der Waals surface area contributed by atoms with Gasteiger partial charge in [-0.2, -0.15) is 31.1 Å². The van der Waals surface area contributed by atoms with E-state index in [4.69, 9.17) is 21.5 Å². The molecule has 0 saturated heterocycles. The number of nitrogens with two attached hydrogens (primary N) is 1. The quantitative estimate of drug-likeness (QED) is 0.369. The van der Waals surface area contributed by atoms with Crippen molar-refractivity contribution in [2.45, 2.75) is 0 Å². The largest absolute Gasteiger partial charge is 0.395 e. The molecule has 124 valence electrons. The number of hydrazone groups is 1. The minimum Gasteiger partial charge on any atom is -0.395 e. The van der Waals surface area contributed by atoms with Crippen LogP contribution in [0.15, 0.2) is 81.2 Å². The summed E-state index contributed by atoms with van der Waals surface area (Å²) in [6, 6.07) is 21.1. The number of nitrogens with one attached hydrogen (secondary N) is 1. The number of benzene rings is 2. The average molecular weight is 340 g/mol. The number of hydrogen-bond acceptors (Lipinski definition) is 8. The fourth-order valence-corrected chi connectivity index (χ4v) is 1.74. The van der Waals surface area contributed by atoms with Crippen molar-refractivity contribution in [3.63, 3.8) is 0 Å². The van der Waals surface area contributed by atoms with E-state index in [2.05, 4.69) is 20.8 Å². The zero-order valence-electron chi connectivity index (χ0n) is 13.5. The minimum absolute atomic E-state index is 0.254. The zero-order chi connectivity index (χ0) is 18.8. The maximum atomic E-state index is 9.06. The second kappa shape index (κ2) is 8.97. The van der Waals surface area contributed by atoms with Gasteiger partial charge >= 0.3 is 0 Å². The van der Waals surface area contributed by atoms with Crippen molar-refractivity contribution >= 4 is 22.8 Å². The van der Waals surface area contributed by atoms with E-state index in [9.17, 15) is 0 Å². The van der Waals surface area contributed by atoms with Gasteiger partial charge in [0.05, 0.1) is 22.8 Å². The molecule has 2 aromatic rings. The summed E-state index contributed by atoms with van der Waals surface area (Å²) in [4.78, 5) is 0. The molecule has 0 heterocycles.